The summed E-state index contributed by atoms with van der Waals surface area (Å²) in [5, 5.41) is 4.61. The first kappa shape index (κ1) is 26.2. The van der Waals surface area contributed by atoms with E-state index in [4.69, 9.17) is 8.83 Å². The maximum Gasteiger partial charge on any atom is 0.136 e. The van der Waals surface area contributed by atoms with Crippen molar-refractivity contribution in [2.75, 3.05) is 4.90 Å². The molecular formula is C44H29NO2. The van der Waals surface area contributed by atoms with Crippen molar-refractivity contribution in [2.24, 2.45) is 0 Å². The van der Waals surface area contributed by atoms with Crippen molar-refractivity contribution in [3.8, 4) is 33.4 Å². The molecule has 3 heteroatoms. The second-order valence-electron chi connectivity index (χ2n) is 12.5. The quantitative estimate of drug-likeness (QED) is 0.201. The molecule has 0 amide bonds. The van der Waals surface area contributed by atoms with Crippen molar-refractivity contribution < 1.29 is 8.83 Å². The molecule has 0 saturated heterocycles. The van der Waals surface area contributed by atoms with Crippen molar-refractivity contribution >= 4 is 49.6 Å². The number of hydrogen-bond acceptors (Lipinski definition) is 3. The van der Waals surface area contributed by atoms with Gasteiger partial charge in [-0.2, -0.15) is 0 Å². The fraction of sp³-hybridized carbons (Fsp3) is 0.0455. The van der Waals surface area contributed by atoms with Crippen LogP contribution in [0.25, 0.3) is 77.3 Å². The predicted octanol–water partition coefficient (Wildman–Crippen LogP) is 12.0. The largest absolute Gasteiger partial charge is 0.456 e. The molecule has 0 unspecified atom stereocenters. The lowest BCUT2D eigenvalue weighted by Gasteiger charge is -2.24. The summed E-state index contributed by atoms with van der Waals surface area (Å²) in [6.45, 7) is 1.65. The van der Waals surface area contributed by atoms with Gasteiger partial charge in [0.2, 0.25) is 0 Å². The molecule has 3 heterocycles. The Bertz CT molecular complexity index is 2480. The average Bonchev–Trinajstić information content (AvgIpc) is 3.66. The summed E-state index contributed by atoms with van der Waals surface area (Å²) in [6.07, 6.45) is 0. The number of anilines is 1. The van der Waals surface area contributed by atoms with Crippen LogP contribution in [0.15, 0.2) is 160 Å². The Morgan fingerprint density at radius 1 is 0.383 bits per heavy atom. The lowest BCUT2D eigenvalue weighted by molar-refractivity contribution is 0.668. The maximum absolute atomic E-state index is 6.28. The number of fused-ring (bicyclic) bond motifs is 9. The minimum atomic E-state index is 0.824. The van der Waals surface area contributed by atoms with Crippen LogP contribution in [0.3, 0.4) is 0 Å². The molecule has 0 atom stereocenters. The van der Waals surface area contributed by atoms with E-state index in [-0.39, 0.29) is 0 Å². The Morgan fingerprint density at radius 2 is 0.851 bits per heavy atom. The molecule has 9 aromatic rings. The van der Waals surface area contributed by atoms with E-state index in [1.165, 1.54) is 50.2 Å². The van der Waals surface area contributed by atoms with E-state index in [1.54, 1.807) is 0 Å². The summed E-state index contributed by atoms with van der Waals surface area (Å²) in [6, 6.07) is 54.2. The molecule has 0 bridgehead atoms. The number of hydrogen-bond donors (Lipinski definition) is 0. The minimum Gasteiger partial charge on any atom is -0.456 e. The van der Waals surface area contributed by atoms with Crippen LogP contribution in [0.2, 0.25) is 0 Å². The Balaban J connectivity index is 1.20. The van der Waals surface area contributed by atoms with Crippen molar-refractivity contribution in [1.82, 2.24) is 0 Å². The van der Waals surface area contributed by atoms with Crippen LogP contribution in [0.4, 0.5) is 5.69 Å². The van der Waals surface area contributed by atoms with E-state index >= 15 is 0 Å². The molecule has 7 aromatic carbocycles. The zero-order chi connectivity index (χ0) is 30.9. The molecule has 10 rings (SSSR count). The first-order valence-corrected chi connectivity index (χ1v) is 16.2. The molecule has 0 N–H and O–H groups in total. The van der Waals surface area contributed by atoms with Crippen molar-refractivity contribution in [3.05, 3.63) is 163 Å². The Kier molecular flexibility index (Phi) is 5.70. The highest BCUT2D eigenvalue weighted by molar-refractivity contribution is 6.13. The van der Waals surface area contributed by atoms with Crippen molar-refractivity contribution in [3.63, 3.8) is 0 Å². The number of para-hydroxylation sites is 3. The van der Waals surface area contributed by atoms with Crippen LogP contribution >= 0.6 is 0 Å². The molecule has 0 radical (unpaired) electrons. The Hall–Kier alpha value is -6.06. The highest BCUT2D eigenvalue weighted by atomic mass is 16.3. The molecule has 3 nitrogen and oxygen atoms in total. The monoisotopic (exact) mass is 603 g/mol. The van der Waals surface area contributed by atoms with E-state index in [9.17, 15) is 0 Å². The van der Waals surface area contributed by atoms with Crippen LogP contribution in [-0.2, 0) is 13.1 Å². The van der Waals surface area contributed by atoms with Gasteiger partial charge in [0.1, 0.15) is 22.3 Å². The van der Waals surface area contributed by atoms with Crippen LogP contribution in [0.5, 0.6) is 0 Å². The molecule has 0 spiro atoms. The molecule has 0 aliphatic carbocycles. The third-order valence-electron chi connectivity index (χ3n) is 9.78. The lowest BCUT2D eigenvalue weighted by Crippen LogP contribution is -2.20. The van der Waals surface area contributed by atoms with E-state index in [0.29, 0.717) is 0 Å². The van der Waals surface area contributed by atoms with Gasteiger partial charge in [-0.15, -0.1) is 0 Å². The van der Waals surface area contributed by atoms with Gasteiger partial charge in [-0.05, 0) is 93.0 Å². The average molecular weight is 604 g/mol. The first-order valence-electron chi connectivity index (χ1n) is 16.2. The SMILES string of the molecule is c1ccc(N2Cc3ccc(-c4cccc5oc6ccccc6c45)cc3-c3cc(-c4cccc5oc6ccccc6c45)ccc3C2)cc1. The second-order valence-corrected chi connectivity index (χ2v) is 12.5. The van der Waals surface area contributed by atoms with Gasteiger partial charge in [0, 0.05) is 40.3 Å². The fourth-order valence-electron chi connectivity index (χ4n) is 7.58. The fourth-order valence-corrected chi connectivity index (χ4v) is 7.58. The van der Waals surface area contributed by atoms with Gasteiger partial charge in [-0.25, -0.2) is 0 Å². The highest BCUT2D eigenvalue weighted by Gasteiger charge is 2.23. The summed E-state index contributed by atoms with van der Waals surface area (Å²) in [5.74, 6) is 0. The van der Waals surface area contributed by atoms with Gasteiger partial charge in [-0.1, -0.05) is 103 Å². The Labute approximate surface area is 271 Å². The van der Waals surface area contributed by atoms with Gasteiger partial charge in [0.15, 0.2) is 0 Å². The zero-order valence-electron chi connectivity index (χ0n) is 25.6. The molecule has 222 valence electrons. The van der Waals surface area contributed by atoms with Gasteiger partial charge < -0.3 is 13.7 Å². The number of furan rings is 2. The standard InChI is InChI=1S/C44H29NO2/c1-2-10-32(11-3-1)45-26-30-22-20-28(33-14-8-18-41-43(33)35-12-4-6-16-39(35)46-41)24-37(30)38-25-29(21-23-31(38)27-45)34-15-9-19-42-44(34)36-13-5-7-17-40(36)47-42/h1-25H,26-27H2. The smallest absolute Gasteiger partial charge is 0.136 e. The van der Waals surface area contributed by atoms with Crippen molar-refractivity contribution in [1.29, 1.82) is 0 Å². The molecule has 0 fully saturated rings. The minimum absolute atomic E-state index is 0.824. The second kappa shape index (κ2) is 10.2. The zero-order valence-corrected chi connectivity index (χ0v) is 25.6. The summed E-state index contributed by atoms with van der Waals surface area (Å²) >= 11 is 0. The molecule has 1 aliphatic rings. The summed E-state index contributed by atoms with van der Waals surface area (Å²) in [5.41, 5.74) is 14.8. The predicted molar refractivity (Wildman–Crippen MR) is 194 cm³/mol. The summed E-state index contributed by atoms with van der Waals surface area (Å²) in [7, 11) is 0. The van der Waals surface area contributed by atoms with Gasteiger partial charge in [0.05, 0.1) is 0 Å². The van der Waals surface area contributed by atoms with E-state index < -0.39 is 0 Å². The van der Waals surface area contributed by atoms with E-state index in [0.717, 1.165) is 57.0 Å². The van der Waals surface area contributed by atoms with Crippen LogP contribution in [-0.4, -0.2) is 0 Å². The third-order valence-corrected chi connectivity index (χ3v) is 9.78. The molecule has 2 aromatic heterocycles. The van der Waals surface area contributed by atoms with E-state index in [1.807, 2.05) is 12.1 Å². The molecular weight excluding hydrogens is 574 g/mol. The summed E-state index contributed by atoms with van der Waals surface area (Å²) < 4.78 is 12.6. The summed E-state index contributed by atoms with van der Waals surface area (Å²) in [4.78, 5) is 2.48. The molecule has 1 aliphatic heterocycles. The Morgan fingerprint density at radius 3 is 1.38 bits per heavy atom. The number of benzene rings is 7. The molecule has 0 saturated carbocycles. The lowest BCUT2D eigenvalue weighted by atomic mass is 9.89. The number of nitrogens with zero attached hydrogens (tertiary/aromatic N) is 1. The van der Waals surface area contributed by atoms with Crippen molar-refractivity contribution in [2.45, 2.75) is 13.1 Å². The first-order chi connectivity index (χ1) is 23.3. The van der Waals surface area contributed by atoms with Gasteiger partial charge in [-0.3, -0.25) is 0 Å². The highest BCUT2D eigenvalue weighted by Crippen LogP contribution is 2.43. The topological polar surface area (TPSA) is 29.5 Å². The normalized spacial score (nSPS) is 12.9. The van der Waals surface area contributed by atoms with Crippen LogP contribution in [0, 0.1) is 0 Å². The van der Waals surface area contributed by atoms with Crippen LogP contribution in [0.1, 0.15) is 11.1 Å². The third kappa shape index (κ3) is 4.13. The van der Waals surface area contributed by atoms with Gasteiger partial charge >= 0.3 is 0 Å². The van der Waals surface area contributed by atoms with Crippen LogP contribution < -0.4 is 4.90 Å². The maximum atomic E-state index is 6.28. The van der Waals surface area contributed by atoms with E-state index in [2.05, 4.69) is 144 Å². The van der Waals surface area contributed by atoms with Gasteiger partial charge in [0.25, 0.3) is 0 Å². The molecule has 47 heavy (non-hydrogen) atoms. The number of rotatable bonds is 3.